The van der Waals surface area contributed by atoms with E-state index in [1.54, 1.807) is 42.5 Å². The van der Waals surface area contributed by atoms with Crippen molar-refractivity contribution in [3.63, 3.8) is 0 Å². The van der Waals surface area contributed by atoms with Gasteiger partial charge in [0.15, 0.2) is 11.5 Å². The number of amides is 2. The number of hydrogen-bond donors (Lipinski definition) is 2. The predicted molar refractivity (Wildman–Crippen MR) is 110 cm³/mol. The average Bonchev–Trinajstić information content (AvgIpc) is 2.74. The largest absolute Gasteiger partial charge is 0.493 e. The number of ether oxygens (including phenoxy) is 3. The first kappa shape index (κ1) is 21.4. The molecular formula is C22H22N2O5. The van der Waals surface area contributed by atoms with Crippen LogP contribution in [0.4, 0.5) is 0 Å². The van der Waals surface area contributed by atoms with Crippen LogP contribution in [0.2, 0.25) is 0 Å². The van der Waals surface area contributed by atoms with Crippen LogP contribution in [0.25, 0.3) is 6.08 Å². The maximum Gasteiger partial charge on any atom is 0.248 e. The molecule has 3 N–H and O–H groups in total. The molecule has 0 aromatic heterocycles. The van der Waals surface area contributed by atoms with Gasteiger partial charge < -0.3 is 25.3 Å². The van der Waals surface area contributed by atoms with E-state index in [0.717, 1.165) is 11.1 Å². The van der Waals surface area contributed by atoms with Gasteiger partial charge in [0.25, 0.3) is 0 Å². The first-order chi connectivity index (χ1) is 14.0. The highest BCUT2D eigenvalue weighted by molar-refractivity contribution is 5.93. The van der Waals surface area contributed by atoms with Crippen LogP contribution in [0.5, 0.6) is 17.2 Å². The molecule has 0 bridgehead atoms. The minimum Gasteiger partial charge on any atom is -0.493 e. The molecular weight excluding hydrogens is 372 g/mol. The summed E-state index contributed by atoms with van der Waals surface area (Å²) < 4.78 is 15.8. The van der Waals surface area contributed by atoms with Gasteiger partial charge >= 0.3 is 0 Å². The summed E-state index contributed by atoms with van der Waals surface area (Å²) >= 11 is 0. The van der Waals surface area contributed by atoms with Crippen molar-refractivity contribution in [3.8, 4) is 29.1 Å². The molecule has 0 atom stereocenters. The molecule has 2 amide bonds. The Morgan fingerprint density at radius 3 is 2.17 bits per heavy atom. The SMILES string of the molecule is COc1cc(/C=C/C(=O)NCC#Cc2ccc(C(N)=O)cc2)cc(OC)c1OC. The van der Waals surface area contributed by atoms with Crippen molar-refractivity contribution in [3.05, 3.63) is 59.2 Å². The highest BCUT2D eigenvalue weighted by Gasteiger charge is 2.12. The molecule has 0 aliphatic heterocycles. The van der Waals surface area contributed by atoms with Gasteiger partial charge in [-0.25, -0.2) is 0 Å². The average molecular weight is 394 g/mol. The molecule has 0 saturated heterocycles. The molecule has 0 fully saturated rings. The highest BCUT2D eigenvalue weighted by atomic mass is 16.5. The molecule has 2 aromatic rings. The number of carbonyl (C=O) groups excluding carboxylic acids is 2. The lowest BCUT2D eigenvalue weighted by Gasteiger charge is -2.12. The summed E-state index contributed by atoms with van der Waals surface area (Å²) in [7, 11) is 4.58. The number of methoxy groups -OCH3 is 3. The number of hydrogen-bond acceptors (Lipinski definition) is 5. The van der Waals surface area contributed by atoms with E-state index in [9.17, 15) is 9.59 Å². The fourth-order valence-corrected chi connectivity index (χ4v) is 2.42. The maximum absolute atomic E-state index is 12.0. The second-order valence-electron chi connectivity index (χ2n) is 5.75. The number of rotatable bonds is 7. The van der Waals surface area contributed by atoms with Crippen molar-refractivity contribution >= 4 is 17.9 Å². The maximum atomic E-state index is 12.0. The predicted octanol–water partition coefficient (Wildman–Crippen LogP) is 1.99. The van der Waals surface area contributed by atoms with Crippen molar-refractivity contribution in [2.45, 2.75) is 0 Å². The Kier molecular flexibility index (Phi) is 7.68. The van der Waals surface area contributed by atoms with E-state index in [0.29, 0.717) is 22.8 Å². The molecule has 2 rings (SSSR count). The van der Waals surface area contributed by atoms with E-state index in [-0.39, 0.29) is 12.5 Å². The fourth-order valence-electron chi connectivity index (χ4n) is 2.42. The molecule has 0 radical (unpaired) electrons. The molecule has 0 spiro atoms. The first-order valence-electron chi connectivity index (χ1n) is 8.63. The van der Waals surface area contributed by atoms with Crippen molar-refractivity contribution < 1.29 is 23.8 Å². The van der Waals surface area contributed by atoms with Gasteiger partial charge in [-0.15, -0.1) is 0 Å². The van der Waals surface area contributed by atoms with Gasteiger partial charge in [-0.1, -0.05) is 11.8 Å². The number of nitrogens with two attached hydrogens (primary N) is 1. The zero-order valence-electron chi connectivity index (χ0n) is 16.4. The molecule has 0 heterocycles. The van der Waals surface area contributed by atoms with Gasteiger partial charge in [-0.2, -0.15) is 0 Å². The monoisotopic (exact) mass is 394 g/mol. The van der Waals surface area contributed by atoms with Crippen molar-refractivity contribution in [1.82, 2.24) is 5.32 Å². The summed E-state index contributed by atoms with van der Waals surface area (Å²) in [6.07, 6.45) is 3.03. The van der Waals surface area contributed by atoms with Crippen LogP contribution in [-0.2, 0) is 4.79 Å². The minimum atomic E-state index is -0.490. The third-order valence-electron chi connectivity index (χ3n) is 3.87. The molecule has 2 aromatic carbocycles. The van der Waals surface area contributed by atoms with Gasteiger partial charge in [-0.3, -0.25) is 9.59 Å². The Morgan fingerprint density at radius 2 is 1.66 bits per heavy atom. The van der Waals surface area contributed by atoms with Gasteiger partial charge in [0, 0.05) is 17.2 Å². The molecule has 150 valence electrons. The Balaban J connectivity index is 1.96. The highest BCUT2D eigenvalue weighted by Crippen LogP contribution is 2.38. The second-order valence-corrected chi connectivity index (χ2v) is 5.75. The normalized spacial score (nSPS) is 10.0. The Labute approximate surface area is 169 Å². The number of primary amides is 1. The first-order valence-corrected chi connectivity index (χ1v) is 8.63. The smallest absolute Gasteiger partial charge is 0.248 e. The molecule has 0 aliphatic rings. The van der Waals surface area contributed by atoms with Crippen molar-refractivity contribution in [2.75, 3.05) is 27.9 Å². The summed E-state index contributed by atoms with van der Waals surface area (Å²) in [6, 6.07) is 10.1. The van der Waals surface area contributed by atoms with Gasteiger partial charge in [0.2, 0.25) is 17.6 Å². The van der Waals surface area contributed by atoms with E-state index < -0.39 is 5.91 Å². The van der Waals surface area contributed by atoms with Gasteiger partial charge in [0.05, 0.1) is 27.9 Å². The molecule has 7 heteroatoms. The van der Waals surface area contributed by atoms with Crippen LogP contribution < -0.4 is 25.3 Å². The lowest BCUT2D eigenvalue weighted by Crippen LogP contribution is -2.20. The summed E-state index contributed by atoms with van der Waals surface area (Å²) in [5.74, 6) is 6.44. The van der Waals surface area contributed by atoms with Crippen LogP contribution in [-0.4, -0.2) is 39.7 Å². The zero-order chi connectivity index (χ0) is 21.2. The number of carbonyl (C=O) groups is 2. The Hall–Kier alpha value is -3.92. The van der Waals surface area contributed by atoms with E-state index in [2.05, 4.69) is 17.2 Å². The topological polar surface area (TPSA) is 99.9 Å². The third-order valence-corrected chi connectivity index (χ3v) is 3.87. The zero-order valence-corrected chi connectivity index (χ0v) is 16.4. The van der Waals surface area contributed by atoms with Crippen LogP contribution >= 0.6 is 0 Å². The quantitative estimate of drug-likeness (QED) is 0.553. The second kappa shape index (κ2) is 10.4. The summed E-state index contributed by atoms with van der Waals surface area (Å²) in [6.45, 7) is 0.177. The molecule has 29 heavy (non-hydrogen) atoms. The van der Waals surface area contributed by atoms with Crippen LogP contribution in [0.3, 0.4) is 0 Å². The summed E-state index contributed by atoms with van der Waals surface area (Å²) in [5.41, 5.74) is 7.04. The summed E-state index contributed by atoms with van der Waals surface area (Å²) in [4.78, 5) is 23.0. The lowest BCUT2D eigenvalue weighted by atomic mass is 10.1. The fraction of sp³-hybridized carbons (Fsp3) is 0.182. The van der Waals surface area contributed by atoms with Crippen molar-refractivity contribution in [1.29, 1.82) is 0 Å². The van der Waals surface area contributed by atoms with Gasteiger partial charge in [0.1, 0.15) is 0 Å². The van der Waals surface area contributed by atoms with E-state index >= 15 is 0 Å². The van der Waals surface area contributed by atoms with E-state index in [1.807, 2.05) is 0 Å². The molecule has 0 unspecified atom stereocenters. The standard InChI is InChI=1S/C22H22N2O5/c1-27-18-13-16(14-19(28-2)21(18)29-3)8-11-20(25)24-12-4-5-15-6-9-17(10-7-15)22(23)26/h6-11,13-14H,12H2,1-3H3,(H2,23,26)(H,24,25)/b11-8+. The van der Waals surface area contributed by atoms with Crippen LogP contribution in [0.15, 0.2) is 42.5 Å². The third kappa shape index (κ3) is 6.04. The van der Waals surface area contributed by atoms with E-state index in [4.69, 9.17) is 19.9 Å². The number of nitrogens with one attached hydrogen (secondary N) is 1. The summed E-state index contributed by atoms with van der Waals surface area (Å²) in [5, 5.41) is 2.67. The minimum absolute atomic E-state index is 0.177. The molecule has 0 aliphatic carbocycles. The van der Waals surface area contributed by atoms with Crippen molar-refractivity contribution in [2.24, 2.45) is 5.73 Å². The van der Waals surface area contributed by atoms with Crippen LogP contribution in [0, 0.1) is 11.8 Å². The Morgan fingerprint density at radius 1 is 1.03 bits per heavy atom. The molecule has 7 nitrogen and oxygen atoms in total. The lowest BCUT2D eigenvalue weighted by molar-refractivity contribution is -0.116. The van der Waals surface area contributed by atoms with Crippen LogP contribution in [0.1, 0.15) is 21.5 Å². The molecule has 0 saturated carbocycles. The number of benzene rings is 2. The Bertz CT molecular complexity index is 944. The van der Waals surface area contributed by atoms with Gasteiger partial charge in [-0.05, 0) is 48.0 Å². The van der Waals surface area contributed by atoms with E-state index in [1.165, 1.54) is 27.4 Å².